The van der Waals surface area contributed by atoms with Crippen molar-refractivity contribution >= 4 is 23.2 Å². The zero-order valence-electron chi connectivity index (χ0n) is 20.6. The summed E-state index contributed by atoms with van der Waals surface area (Å²) in [4.78, 5) is 22.2. The fourth-order valence-electron chi connectivity index (χ4n) is 4.53. The molecule has 0 amide bonds. The van der Waals surface area contributed by atoms with E-state index in [1.165, 1.54) is 17.7 Å². The van der Waals surface area contributed by atoms with Gasteiger partial charge in [-0.05, 0) is 69.0 Å². The molecule has 1 fully saturated rings. The molecule has 1 aliphatic rings. The number of pyridine rings is 1. The van der Waals surface area contributed by atoms with Gasteiger partial charge in [0.15, 0.2) is 5.78 Å². The van der Waals surface area contributed by atoms with Crippen LogP contribution in [-0.4, -0.2) is 58.2 Å². The second-order valence-corrected chi connectivity index (χ2v) is 9.97. The van der Waals surface area contributed by atoms with Gasteiger partial charge < -0.3 is 9.80 Å². The van der Waals surface area contributed by atoms with Gasteiger partial charge >= 0.3 is 0 Å². The van der Waals surface area contributed by atoms with Gasteiger partial charge in [0.05, 0.1) is 23.3 Å². The summed E-state index contributed by atoms with van der Waals surface area (Å²) in [7, 11) is 2.07. The van der Waals surface area contributed by atoms with Gasteiger partial charge in [0, 0.05) is 50.5 Å². The van der Waals surface area contributed by atoms with Gasteiger partial charge in [0.25, 0.3) is 0 Å². The molecule has 0 bridgehead atoms. The number of aromatic nitrogens is 3. The number of benzene rings is 1. The lowest BCUT2D eigenvalue weighted by molar-refractivity contribution is 0.0992. The molecule has 1 saturated heterocycles. The van der Waals surface area contributed by atoms with Gasteiger partial charge in [-0.25, -0.2) is 9.37 Å². The molecule has 0 radical (unpaired) electrons. The third kappa shape index (κ3) is 6.47. The standard InChI is InChI=1S/C27H33ClFN5O/c1-19(2)34-18-20(17-30-34)9-12-33-13-10-23(11-14-33)32(3)27-6-4-5-22(31-27)16-26(35)24-8-7-21(29)15-25(24)28/h4-8,15,17-19,23H,9-14,16H2,1-3H3. The van der Waals surface area contributed by atoms with Crippen molar-refractivity contribution in [2.75, 3.05) is 31.6 Å². The maximum Gasteiger partial charge on any atom is 0.170 e. The molecule has 8 heteroatoms. The molecular weight excluding hydrogens is 465 g/mol. The molecule has 3 heterocycles. The number of likely N-dealkylation sites (tertiary alicyclic amines) is 1. The van der Waals surface area contributed by atoms with Crippen LogP contribution in [0.1, 0.15) is 54.3 Å². The number of ketones is 1. The van der Waals surface area contributed by atoms with E-state index < -0.39 is 5.82 Å². The molecule has 0 aliphatic carbocycles. The predicted octanol–water partition coefficient (Wildman–Crippen LogP) is 5.22. The Bertz CT molecular complexity index is 1160. The smallest absolute Gasteiger partial charge is 0.170 e. The average molecular weight is 498 g/mol. The largest absolute Gasteiger partial charge is 0.357 e. The van der Waals surface area contributed by atoms with Crippen molar-refractivity contribution in [1.82, 2.24) is 19.7 Å². The summed E-state index contributed by atoms with van der Waals surface area (Å²) in [6.07, 6.45) is 7.41. The number of rotatable bonds is 9. The summed E-state index contributed by atoms with van der Waals surface area (Å²) < 4.78 is 15.3. The van der Waals surface area contributed by atoms with E-state index in [0.29, 0.717) is 23.3 Å². The summed E-state index contributed by atoms with van der Waals surface area (Å²) in [5.41, 5.74) is 2.28. The van der Waals surface area contributed by atoms with Crippen LogP contribution in [0.15, 0.2) is 48.8 Å². The molecule has 1 aromatic carbocycles. The highest BCUT2D eigenvalue weighted by molar-refractivity contribution is 6.34. The lowest BCUT2D eigenvalue weighted by atomic mass is 10.0. The highest BCUT2D eigenvalue weighted by Crippen LogP contribution is 2.23. The molecule has 0 atom stereocenters. The van der Waals surface area contributed by atoms with Gasteiger partial charge in [-0.2, -0.15) is 5.10 Å². The Morgan fingerprint density at radius 1 is 1.23 bits per heavy atom. The van der Waals surface area contributed by atoms with Gasteiger partial charge in [-0.1, -0.05) is 17.7 Å². The number of hydrogen-bond acceptors (Lipinski definition) is 5. The van der Waals surface area contributed by atoms with Crippen LogP contribution in [0.3, 0.4) is 0 Å². The van der Waals surface area contributed by atoms with Crippen LogP contribution < -0.4 is 4.90 Å². The first-order valence-corrected chi connectivity index (χ1v) is 12.6. The third-order valence-corrected chi connectivity index (χ3v) is 7.04. The zero-order chi connectivity index (χ0) is 24.9. The molecule has 0 N–H and O–H groups in total. The maximum absolute atomic E-state index is 13.3. The molecule has 6 nitrogen and oxygen atoms in total. The average Bonchev–Trinajstić information content (AvgIpc) is 3.32. The topological polar surface area (TPSA) is 54.3 Å². The van der Waals surface area contributed by atoms with Gasteiger partial charge in [0.2, 0.25) is 0 Å². The van der Waals surface area contributed by atoms with Crippen LogP contribution in [0.5, 0.6) is 0 Å². The zero-order valence-corrected chi connectivity index (χ0v) is 21.4. The Morgan fingerprint density at radius 3 is 2.69 bits per heavy atom. The monoisotopic (exact) mass is 497 g/mol. The summed E-state index contributed by atoms with van der Waals surface area (Å²) in [6, 6.07) is 10.4. The minimum absolute atomic E-state index is 0.124. The van der Waals surface area contributed by atoms with Crippen LogP contribution >= 0.6 is 11.6 Å². The molecule has 3 aromatic rings. The van der Waals surface area contributed by atoms with E-state index >= 15 is 0 Å². The van der Waals surface area contributed by atoms with Crippen LogP contribution in [0.2, 0.25) is 5.02 Å². The Kier molecular flexibility index (Phi) is 8.19. The lowest BCUT2D eigenvalue weighted by Gasteiger charge is -2.37. The first kappa shape index (κ1) is 25.3. The van der Waals surface area contributed by atoms with Crippen molar-refractivity contribution < 1.29 is 9.18 Å². The van der Waals surface area contributed by atoms with Crippen molar-refractivity contribution in [2.24, 2.45) is 0 Å². The SMILES string of the molecule is CC(C)n1cc(CCN2CCC(N(C)c3cccc(CC(=O)c4ccc(F)cc4Cl)n3)CC2)cn1. The Balaban J connectivity index is 1.30. The normalized spacial score (nSPS) is 15.0. The fourth-order valence-corrected chi connectivity index (χ4v) is 4.80. The number of Topliss-reactive ketones (excluding diaryl/α,β-unsaturated/α-hetero) is 1. The number of halogens is 2. The van der Waals surface area contributed by atoms with E-state index in [2.05, 4.69) is 42.0 Å². The Hall–Kier alpha value is -2.77. The van der Waals surface area contributed by atoms with Crippen LogP contribution in [-0.2, 0) is 12.8 Å². The van der Waals surface area contributed by atoms with Crippen LogP contribution in [0.4, 0.5) is 10.2 Å². The second kappa shape index (κ2) is 11.3. The fraction of sp³-hybridized carbons (Fsp3) is 0.444. The molecule has 0 unspecified atom stereocenters. The van der Waals surface area contributed by atoms with E-state index in [1.54, 1.807) is 0 Å². The van der Waals surface area contributed by atoms with Crippen molar-refractivity contribution in [3.05, 3.63) is 76.5 Å². The first-order chi connectivity index (χ1) is 16.8. The summed E-state index contributed by atoms with van der Waals surface area (Å²) in [6.45, 7) is 7.43. The third-order valence-electron chi connectivity index (χ3n) is 6.73. The predicted molar refractivity (Wildman–Crippen MR) is 138 cm³/mol. The minimum Gasteiger partial charge on any atom is -0.357 e. The van der Waals surface area contributed by atoms with Gasteiger partial charge in [0.1, 0.15) is 11.6 Å². The number of carbonyl (C=O) groups is 1. The molecular formula is C27H33ClFN5O. The van der Waals surface area contributed by atoms with E-state index in [0.717, 1.165) is 50.8 Å². The van der Waals surface area contributed by atoms with Crippen molar-refractivity contribution in [3.8, 4) is 0 Å². The van der Waals surface area contributed by atoms with E-state index in [4.69, 9.17) is 16.6 Å². The van der Waals surface area contributed by atoms with Crippen LogP contribution in [0.25, 0.3) is 0 Å². The number of carbonyl (C=O) groups excluding carboxylic acids is 1. The molecule has 2 aromatic heterocycles. The molecule has 35 heavy (non-hydrogen) atoms. The quantitative estimate of drug-likeness (QED) is 0.379. The van der Waals surface area contributed by atoms with E-state index in [-0.39, 0.29) is 17.2 Å². The van der Waals surface area contributed by atoms with E-state index in [9.17, 15) is 9.18 Å². The highest BCUT2D eigenvalue weighted by Gasteiger charge is 2.23. The van der Waals surface area contributed by atoms with Crippen molar-refractivity contribution in [3.63, 3.8) is 0 Å². The Morgan fingerprint density at radius 2 is 2.00 bits per heavy atom. The molecule has 4 rings (SSSR count). The first-order valence-electron chi connectivity index (χ1n) is 12.2. The minimum atomic E-state index is -0.457. The van der Waals surface area contributed by atoms with Gasteiger partial charge in [-0.3, -0.25) is 9.48 Å². The summed E-state index contributed by atoms with van der Waals surface area (Å²) in [5, 5.41) is 4.57. The number of hydrogen-bond donors (Lipinski definition) is 0. The second-order valence-electron chi connectivity index (χ2n) is 9.57. The Labute approximate surface area is 211 Å². The summed E-state index contributed by atoms with van der Waals surface area (Å²) >= 11 is 6.06. The van der Waals surface area contributed by atoms with Crippen molar-refractivity contribution in [1.29, 1.82) is 0 Å². The molecule has 1 aliphatic heterocycles. The summed E-state index contributed by atoms with van der Waals surface area (Å²) in [5.74, 6) is 0.233. The van der Waals surface area contributed by atoms with Crippen LogP contribution in [0, 0.1) is 5.82 Å². The molecule has 0 spiro atoms. The highest BCUT2D eigenvalue weighted by atomic mass is 35.5. The molecule has 186 valence electrons. The maximum atomic E-state index is 13.3. The number of piperidine rings is 1. The number of anilines is 1. The molecule has 0 saturated carbocycles. The van der Waals surface area contributed by atoms with Gasteiger partial charge in [-0.15, -0.1) is 0 Å². The van der Waals surface area contributed by atoms with E-state index in [1.807, 2.05) is 29.1 Å². The van der Waals surface area contributed by atoms with Crippen molar-refractivity contribution in [2.45, 2.75) is 51.6 Å². The number of nitrogens with zero attached hydrogens (tertiary/aromatic N) is 5. The lowest BCUT2D eigenvalue weighted by Crippen LogP contribution is -2.44.